The minimum absolute atomic E-state index is 0.315. The molecule has 1 N–H and O–H groups in total. The number of thiazole rings is 1. The van der Waals surface area contributed by atoms with Crippen molar-refractivity contribution in [2.75, 3.05) is 5.32 Å². The highest BCUT2D eigenvalue weighted by Gasteiger charge is 2.13. The standard InChI is InChI=1S/C24H23N3OS2/c1-17-16-29-24(26-17)27-23-22(28-15-19-9-5-3-6-10-19)13-21(14-25-23)30-18(2)20-11-7-4-8-12-20/h3-14,16,18H,15H2,1-2H3,(H,25,26,27). The first kappa shape index (κ1) is 20.4. The SMILES string of the molecule is Cc1csc(Nc2ncc(SC(C)c3ccccc3)cc2OCc2ccccc2)n1. The van der Waals surface area contributed by atoms with Crippen molar-refractivity contribution in [1.82, 2.24) is 9.97 Å². The van der Waals surface area contributed by atoms with Gasteiger partial charge in [0, 0.05) is 21.7 Å². The Morgan fingerprint density at radius 3 is 2.50 bits per heavy atom. The van der Waals surface area contributed by atoms with Crippen LogP contribution in [0.25, 0.3) is 0 Å². The maximum Gasteiger partial charge on any atom is 0.188 e. The summed E-state index contributed by atoms with van der Waals surface area (Å²) in [5, 5.41) is 6.44. The number of hydrogen-bond donors (Lipinski definition) is 1. The number of benzene rings is 2. The molecule has 0 aliphatic rings. The summed E-state index contributed by atoms with van der Waals surface area (Å²) in [6.45, 7) is 4.66. The lowest BCUT2D eigenvalue weighted by atomic mass is 10.2. The normalized spacial score (nSPS) is 11.8. The highest BCUT2D eigenvalue weighted by molar-refractivity contribution is 7.99. The number of hydrogen-bond acceptors (Lipinski definition) is 6. The van der Waals surface area contributed by atoms with Gasteiger partial charge in [-0.2, -0.15) is 0 Å². The molecule has 30 heavy (non-hydrogen) atoms. The van der Waals surface area contributed by atoms with E-state index in [2.05, 4.69) is 64.7 Å². The van der Waals surface area contributed by atoms with E-state index in [-0.39, 0.29) is 0 Å². The molecule has 0 fully saturated rings. The number of anilines is 2. The summed E-state index contributed by atoms with van der Waals surface area (Å²) in [5.74, 6) is 1.40. The maximum absolute atomic E-state index is 6.17. The molecule has 4 nitrogen and oxygen atoms in total. The van der Waals surface area contributed by atoms with Crippen LogP contribution in [0.3, 0.4) is 0 Å². The van der Waals surface area contributed by atoms with E-state index < -0.39 is 0 Å². The third-order valence-corrected chi connectivity index (χ3v) is 6.49. The summed E-state index contributed by atoms with van der Waals surface area (Å²) in [5.41, 5.74) is 3.39. The van der Waals surface area contributed by atoms with Gasteiger partial charge in [-0.25, -0.2) is 9.97 Å². The average Bonchev–Trinajstić information content (AvgIpc) is 3.19. The Hall–Kier alpha value is -2.83. The Balaban J connectivity index is 1.56. The van der Waals surface area contributed by atoms with Crippen LogP contribution >= 0.6 is 23.1 Å². The van der Waals surface area contributed by atoms with Gasteiger partial charge in [0.2, 0.25) is 0 Å². The van der Waals surface area contributed by atoms with E-state index >= 15 is 0 Å². The fourth-order valence-corrected chi connectivity index (χ4v) is 4.62. The Morgan fingerprint density at radius 2 is 1.80 bits per heavy atom. The molecule has 0 amide bonds. The van der Waals surface area contributed by atoms with Crippen LogP contribution in [-0.2, 0) is 6.61 Å². The lowest BCUT2D eigenvalue weighted by Crippen LogP contribution is -2.02. The van der Waals surface area contributed by atoms with Crippen LogP contribution in [0, 0.1) is 6.92 Å². The quantitative estimate of drug-likeness (QED) is 0.302. The maximum atomic E-state index is 6.17. The summed E-state index contributed by atoms with van der Waals surface area (Å²) in [7, 11) is 0. The summed E-state index contributed by atoms with van der Waals surface area (Å²) >= 11 is 3.33. The molecule has 152 valence electrons. The number of aryl methyl sites for hydroxylation is 1. The molecule has 2 heterocycles. The van der Waals surface area contributed by atoms with E-state index in [1.54, 1.807) is 23.1 Å². The highest BCUT2D eigenvalue weighted by atomic mass is 32.2. The van der Waals surface area contributed by atoms with E-state index in [4.69, 9.17) is 4.74 Å². The van der Waals surface area contributed by atoms with Crippen molar-refractivity contribution < 1.29 is 4.74 Å². The number of thioether (sulfide) groups is 1. The van der Waals surface area contributed by atoms with Crippen LogP contribution in [0.2, 0.25) is 0 Å². The fourth-order valence-electron chi connectivity index (χ4n) is 2.94. The largest absolute Gasteiger partial charge is 0.485 e. The van der Waals surface area contributed by atoms with Gasteiger partial charge in [0.25, 0.3) is 0 Å². The molecule has 0 aliphatic carbocycles. The third-order valence-electron chi connectivity index (χ3n) is 4.49. The number of nitrogens with one attached hydrogen (secondary N) is 1. The van der Waals surface area contributed by atoms with E-state index in [1.807, 2.05) is 42.8 Å². The van der Waals surface area contributed by atoms with E-state index in [0.717, 1.165) is 27.0 Å². The molecule has 6 heteroatoms. The predicted molar refractivity (Wildman–Crippen MR) is 126 cm³/mol. The summed E-state index contributed by atoms with van der Waals surface area (Å²) in [4.78, 5) is 10.2. The van der Waals surface area contributed by atoms with E-state index in [9.17, 15) is 0 Å². The molecular formula is C24H23N3OS2. The van der Waals surface area contributed by atoms with E-state index in [0.29, 0.717) is 17.7 Å². The summed E-state index contributed by atoms with van der Waals surface area (Å²) in [6.07, 6.45) is 1.89. The van der Waals surface area contributed by atoms with Crippen molar-refractivity contribution in [3.63, 3.8) is 0 Å². The number of aromatic nitrogens is 2. The molecule has 1 unspecified atom stereocenters. The molecule has 0 bridgehead atoms. The molecule has 2 aromatic carbocycles. The zero-order valence-electron chi connectivity index (χ0n) is 16.9. The van der Waals surface area contributed by atoms with Crippen LogP contribution in [0.1, 0.15) is 29.0 Å². The molecule has 1 atom stereocenters. The molecular weight excluding hydrogens is 410 g/mol. The van der Waals surface area contributed by atoms with Crippen LogP contribution in [0.4, 0.5) is 10.9 Å². The summed E-state index contributed by atoms with van der Waals surface area (Å²) in [6, 6.07) is 22.7. The second kappa shape index (κ2) is 9.78. The number of rotatable bonds is 8. The van der Waals surface area contributed by atoms with Crippen LogP contribution in [-0.4, -0.2) is 9.97 Å². The lowest BCUT2D eigenvalue weighted by Gasteiger charge is -2.15. The first-order chi connectivity index (χ1) is 14.7. The second-order valence-corrected chi connectivity index (χ2v) is 9.15. The average molecular weight is 434 g/mol. The number of pyridine rings is 1. The second-order valence-electron chi connectivity index (χ2n) is 6.88. The molecule has 0 spiro atoms. The molecule has 2 aromatic heterocycles. The molecule has 4 rings (SSSR count). The molecule has 0 aliphatic heterocycles. The van der Waals surface area contributed by atoms with Gasteiger partial charge in [0.05, 0.1) is 5.69 Å². The molecule has 0 radical (unpaired) electrons. The van der Waals surface area contributed by atoms with E-state index in [1.165, 1.54) is 5.56 Å². The minimum atomic E-state index is 0.315. The fraction of sp³-hybridized carbons (Fsp3) is 0.167. The topological polar surface area (TPSA) is 47.0 Å². The Kier molecular flexibility index (Phi) is 6.67. The lowest BCUT2D eigenvalue weighted by molar-refractivity contribution is 0.306. The number of ether oxygens (including phenoxy) is 1. The van der Waals surface area contributed by atoms with Gasteiger partial charge in [0.15, 0.2) is 16.7 Å². The van der Waals surface area contributed by atoms with Crippen LogP contribution in [0.15, 0.2) is 83.2 Å². The van der Waals surface area contributed by atoms with Gasteiger partial charge in [-0.05, 0) is 31.0 Å². The zero-order valence-corrected chi connectivity index (χ0v) is 18.5. The molecule has 0 saturated carbocycles. The van der Waals surface area contributed by atoms with Crippen molar-refractivity contribution >= 4 is 34.0 Å². The smallest absolute Gasteiger partial charge is 0.188 e. The van der Waals surface area contributed by atoms with Crippen molar-refractivity contribution in [2.24, 2.45) is 0 Å². The zero-order chi connectivity index (χ0) is 20.8. The van der Waals surface area contributed by atoms with Crippen molar-refractivity contribution in [2.45, 2.75) is 30.6 Å². The van der Waals surface area contributed by atoms with Crippen molar-refractivity contribution in [3.8, 4) is 5.75 Å². The third kappa shape index (κ3) is 5.40. The van der Waals surface area contributed by atoms with Gasteiger partial charge in [-0.3, -0.25) is 0 Å². The van der Waals surface area contributed by atoms with Gasteiger partial charge >= 0.3 is 0 Å². The van der Waals surface area contributed by atoms with Gasteiger partial charge in [-0.1, -0.05) is 60.7 Å². The molecule has 4 aromatic rings. The van der Waals surface area contributed by atoms with Crippen LogP contribution in [0.5, 0.6) is 5.75 Å². The Bertz CT molecular complexity index is 1080. The van der Waals surface area contributed by atoms with Gasteiger partial charge in [0.1, 0.15) is 6.61 Å². The minimum Gasteiger partial charge on any atom is -0.485 e. The monoisotopic (exact) mass is 433 g/mol. The Morgan fingerprint density at radius 1 is 1.07 bits per heavy atom. The van der Waals surface area contributed by atoms with Crippen molar-refractivity contribution in [1.29, 1.82) is 0 Å². The van der Waals surface area contributed by atoms with Gasteiger partial charge in [-0.15, -0.1) is 23.1 Å². The van der Waals surface area contributed by atoms with Crippen LogP contribution < -0.4 is 10.1 Å². The van der Waals surface area contributed by atoms with Gasteiger partial charge < -0.3 is 10.1 Å². The highest BCUT2D eigenvalue weighted by Crippen LogP contribution is 2.38. The first-order valence-corrected chi connectivity index (χ1v) is 11.5. The summed E-state index contributed by atoms with van der Waals surface area (Å²) < 4.78 is 6.17. The number of nitrogens with zero attached hydrogens (tertiary/aromatic N) is 2. The molecule has 0 saturated heterocycles. The van der Waals surface area contributed by atoms with Crippen molar-refractivity contribution in [3.05, 3.63) is 95.1 Å². The Labute approximate surface area is 185 Å². The first-order valence-electron chi connectivity index (χ1n) is 9.75. The predicted octanol–water partition coefficient (Wildman–Crippen LogP) is 7.02.